The number of Topliss-reactive ketones (excluding diaryl/α,β-unsaturated/α-hetero) is 1. The number of ether oxygens (including phenoxy) is 1. The minimum atomic E-state index is -1.93. The van der Waals surface area contributed by atoms with E-state index >= 15 is 0 Å². The molecule has 0 amide bonds. The number of carbonyl (C=O) groups is 1. The van der Waals surface area contributed by atoms with E-state index in [9.17, 15) is 9.90 Å². The third-order valence-electron chi connectivity index (χ3n) is 4.21. The van der Waals surface area contributed by atoms with E-state index in [1.165, 1.54) is 0 Å². The van der Waals surface area contributed by atoms with Gasteiger partial charge in [-0.15, -0.1) is 0 Å². The van der Waals surface area contributed by atoms with Gasteiger partial charge in [0, 0.05) is 21.3 Å². The van der Waals surface area contributed by atoms with E-state index in [1.807, 2.05) is 0 Å². The molecule has 21 heavy (non-hydrogen) atoms. The summed E-state index contributed by atoms with van der Waals surface area (Å²) >= 11 is 3.33. The first kappa shape index (κ1) is 12.8. The van der Waals surface area contributed by atoms with Crippen LogP contribution in [0.1, 0.15) is 21.5 Å². The molecule has 5 N–H and O–H groups in total. The number of halogens is 1. The lowest BCUT2D eigenvalue weighted by molar-refractivity contribution is -0.162. The summed E-state index contributed by atoms with van der Waals surface area (Å²) in [5.41, 5.74) is 11.8. The van der Waals surface area contributed by atoms with Crippen molar-refractivity contribution in [2.24, 2.45) is 5.73 Å². The van der Waals surface area contributed by atoms with Crippen molar-refractivity contribution in [1.29, 1.82) is 0 Å². The van der Waals surface area contributed by atoms with Gasteiger partial charge < -0.3 is 21.3 Å². The van der Waals surface area contributed by atoms with E-state index < -0.39 is 17.1 Å². The van der Waals surface area contributed by atoms with Gasteiger partial charge in [-0.25, -0.2) is 0 Å². The maximum Gasteiger partial charge on any atom is 0.265 e. The summed E-state index contributed by atoms with van der Waals surface area (Å²) in [6.45, 7) is 0. The van der Waals surface area contributed by atoms with Gasteiger partial charge in [0.05, 0.1) is 5.56 Å². The Morgan fingerprint density at radius 1 is 1.19 bits per heavy atom. The van der Waals surface area contributed by atoms with Crippen LogP contribution in [0.4, 0.5) is 5.69 Å². The van der Waals surface area contributed by atoms with Crippen LogP contribution in [0.5, 0.6) is 5.75 Å². The second-order valence-corrected chi connectivity index (χ2v) is 6.21. The van der Waals surface area contributed by atoms with Gasteiger partial charge in [0.2, 0.25) is 0 Å². The lowest BCUT2D eigenvalue weighted by atomic mass is 9.84. The first-order valence-electron chi connectivity index (χ1n) is 6.33. The predicted molar refractivity (Wildman–Crippen MR) is 79.7 cm³/mol. The molecule has 1 aliphatic carbocycles. The Morgan fingerprint density at radius 2 is 1.95 bits per heavy atom. The number of hydrogen-bond donors (Lipinski definition) is 3. The van der Waals surface area contributed by atoms with Gasteiger partial charge in [-0.1, -0.05) is 34.1 Å². The van der Waals surface area contributed by atoms with Gasteiger partial charge in [-0.2, -0.15) is 0 Å². The predicted octanol–water partition coefficient (Wildman–Crippen LogP) is 1.62. The van der Waals surface area contributed by atoms with Gasteiger partial charge in [0.1, 0.15) is 5.75 Å². The van der Waals surface area contributed by atoms with Crippen molar-refractivity contribution in [1.82, 2.24) is 0 Å². The molecule has 2 aromatic carbocycles. The van der Waals surface area contributed by atoms with E-state index in [4.69, 9.17) is 16.2 Å². The van der Waals surface area contributed by atoms with Crippen LogP contribution in [0.2, 0.25) is 0 Å². The first-order chi connectivity index (χ1) is 9.89. The summed E-state index contributed by atoms with van der Waals surface area (Å²) in [5, 5.41) is 11.0. The number of hydrogen-bond acceptors (Lipinski definition) is 5. The van der Waals surface area contributed by atoms with Crippen LogP contribution in [0.15, 0.2) is 40.9 Å². The summed E-state index contributed by atoms with van der Waals surface area (Å²) < 4.78 is 6.45. The molecule has 0 bridgehead atoms. The minimum Gasteiger partial charge on any atom is -0.455 e. The molecule has 0 aromatic heterocycles. The Morgan fingerprint density at radius 3 is 2.71 bits per heavy atom. The van der Waals surface area contributed by atoms with Crippen molar-refractivity contribution in [2.45, 2.75) is 11.3 Å². The molecular formula is C15H11BrN2O3. The molecule has 106 valence electrons. The fourth-order valence-corrected chi connectivity index (χ4v) is 3.52. The molecule has 0 spiro atoms. The van der Waals surface area contributed by atoms with E-state index in [0.717, 1.165) is 4.47 Å². The van der Waals surface area contributed by atoms with Crippen LogP contribution in [0, 0.1) is 0 Å². The van der Waals surface area contributed by atoms with Crippen molar-refractivity contribution in [3.8, 4) is 5.75 Å². The normalized spacial score (nSPS) is 28.8. The fraction of sp³-hybridized carbons (Fsp3) is 0.133. The number of carbonyl (C=O) groups excluding carboxylic acids is 1. The van der Waals surface area contributed by atoms with Crippen molar-refractivity contribution in [3.05, 3.63) is 57.6 Å². The molecule has 0 saturated carbocycles. The van der Waals surface area contributed by atoms with Crippen molar-refractivity contribution in [2.75, 3.05) is 5.73 Å². The van der Waals surface area contributed by atoms with Crippen LogP contribution in [-0.2, 0) is 11.3 Å². The van der Waals surface area contributed by atoms with Crippen LogP contribution < -0.4 is 16.2 Å². The number of nitrogens with two attached hydrogens (primary N) is 2. The molecule has 0 saturated heterocycles. The molecule has 2 aromatic rings. The highest BCUT2D eigenvalue weighted by Crippen LogP contribution is 2.57. The molecule has 0 fully saturated rings. The average Bonchev–Trinajstić information content (AvgIpc) is 2.76. The summed E-state index contributed by atoms with van der Waals surface area (Å²) in [6, 6.07) is 9.98. The zero-order chi connectivity index (χ0) is 15.0. The number of nitrogen functional groups attached to an aromatic ring is 1. The summed E-state index contributed by atoms with van der Waals surface area (Å²) in [7, 11) is 0. The van der Waals surface area contributed by atoms with Gasteiger partial charge in [0.25, 0.3) is 5.79 Å². The zero-order valence-electron chi connectivity index (χ0n) is 10.8. The summed E-state index contributed by atoms with van der Waals surface area (Å²) in [4.78, 5) is 12.8. The summed E-state index contributed by atoms with van der Waals surface area (Å²) in [6.07, 6.45) is 0. The molecule has 1 aliphatic heterocycles. The molecule has 2 aliphatic rings. The Labute approximate surface area is 128 Å². The fourth-order valence-electron chi connectivity index (χ4n) is 3.18. The molecule has 2 unspecified atom stereocenters. The molecule has 4 rings (SSSR count). The SMILES string of the molecule is Nc1cccc2c1C(=O)C1(N)c3ccc(Br)cc3OC21O. The Bertz CT molecular complexity index is 823. The monoisotopic (exact) mass is 346 g/mol. The quantitative estimate of drug-likeness (QED) is 0.629. The van der Waals surface area contributed by atoms with Crippen molar-refractivity contribution < 1.29 is 14.6 Å². The van der Waals surface area contributed by atoms with Gasteiger partial charge in [-0.05, 0) is 18.2 Å². The molecular weight excluding hydrogens is 336 g/mol. The first-order valence-corrected chi connectivity index (χ1v) is 7.13. The Kier molecular flexibility index (Phi) is 2.23. The van der Waals surface area contributed by atoms with Crippen molar-refractivity contribution >= 4 is 27.4 Å². The minimum absolute atomic E-state index is 0.232. The topological polar surface area (TPSA) is 98.6 Å². The molecule has 1 heterocycles. The van der Waals surface area contributed by atoms with Crippen LogP contribution in [-0.4, -0.2) is 10.9 Å². The highest BCUT2D eigenvalue weighted by molar-refractivity contribution is 9.10. The average molecular weight is 347 g/mol. The van der Waals surface area contributed by atoms with Crippen LogP contribution in [0.3, 0.4) is 0 Å². The second-order valence-electron chi connectivity index (χ2n) is 5.29. The third-order valence-corrected chi connectivity index (χ3v) is 4.70. The van der Waals surface area contributed by atoms with Gasteiger partial charge in [0.15, 0.2) is 11.3 Å². The van der Waals surface area contributed by atoms with E-state index in [0.29, 0.717) is 16.9 Å². The van der Waals surface area contributed by atoms with E-state index in [2.05, 4.69) is 15.9 Å². The molecule has 5 nitrogen and oxygen atoms in total. The highest BCUT2D eigenvalue weighted by Gasteiger charge is 2.69. The standard InChI is InChI=1S/C15H11BrN2O3/c16-7-4-5-8-11(6-7)21-15(20)9-2-1-3-10(17)12(9)13(19)14(8,15)18/h1-6,20H,17-18H2. The Balaban J connectivity index is 2.06. The number of fused-ring (bicyclic) bond motifs is 5. The van der Waals surface area contributed by atoms with Gasteiger partial charge >= 0.3 is 0 Å². The molecule has 2 atom stereocenters. The number of rotatable bonds is 0. The lowest BCUT2D eigenvalue weighted by Gasteiger charge is -2.29. The highest BCUT2D eigenvalue weighted by atomic mass is 79.9. The maximum atomic E-state index is 12.8. The number of anilines is 1. The maximum absolute atomic E-state index is 12.8. The Hall–Kier alpha value is -1.89. The summed E-state index contributed by atoms with van der Waals surface area (Å²) in [5.74, 6) is -1.98. The number of benzene rings is 2. The zero-order valence-corrected chi connectivity index (χ0v) is 12.3. The van der Waals surface area contributed by atoms with Crippen LogP contribution >= 0.6 is 15.9 Å². The number of aliphatic hydroxyl groups is 1. The lowest BCUT2D eigenvalue weighted by Crippen LogP contribution is -2.55. The molecule has 0 radical (unpaired) electrons. The van der Waals surface area contributed by atoms with Crippen LogP contribution in [0.25, 0.3) is 0 Å². The second kappa shape index (κ2) is 3.65. The number of ketones is 1. The van der Waals surface area contributed by atoms with E-state index in [1.54, 1.807) is 36.4 Å². The van der Waals surface area contributed by atoms with E-state index in [-0.39, 0.29) is 11.3 Å². The largest absolute Gasteiger partial charge is 0.455 e. The van der Waals surface area contributed by atoms with Gasteiger partial charge in [-0.3, -0.25) is 4.79 Å². The smallest absolute Gasteiger partial charge is 0.265 e. The van der Waals surface area contributed by atoms with Crippen molar-refractivity contribution in [3.63, 3.8) is 0 Å². The molecule has 6 heteroatoms. The third kappa shape index (κ3) is 1.26.